The summed E-state index contributed by atoms with van der Waals surface area (Å²) in [7, 11) is 0. The Bertz CT molecular complexity index is 1010. The Hall–Kier alpha value is -3.24. The number of aromatic nitrogens is 1. The lowest BCUT2D eigenvalue weighted by Gasteiger charge is -2.41. The van der Waals surface area contributed by atoms with E-state index in [0.29, 0.717) is 6.54 Å². The number of piperidine rings is 1. The maximum Gasteiger partial charge on any atom is 0.226 e. The van der Waals surface area contributed by atoms with Crippen LogP contribution in [0.4, 0.5) is 0 Å². The molecule has 1 saturated heterocycles. The molecule has 1 aliphatic heterocycles. The Morgan fingerprint density at radius 3 is 2.34 bits per heavy atom. The Morgan fingerprint density at radius 1 is 0.969 bits per heavy atom. The van der Waals surface area contributed by atoms with Gasteiger partial charge in [-0.2, -0.15) is 0 Å². The minimum atomic E-state index is -0.386. The fourth-order valence-corrected chi connectivity index (χ4v) is 4.56. The second-order valence-electron chi connectivity index (χ2n) is 8.66. The van der Waals surface area contributed by atoms with E-state index in [1.54, 1.807) is 12.3 Å². The molecule has 0 spiro atoms. The first-order valence-electron chi connectivity index (χ1n) is 11.3. The highest BCUT2D eigenvalue weighted by molar-refractivity contribution is 5.83. The molecule has 4 rings (SSSR count). The van der Waals surface area contributed by atoms with Crippen molar-refractivity contribution in [3.05, 3.63) is 103 Å². The monoisotopic (exact) mass is 425 g/mol. The molecule has 164 valence electrons. The fraction of sp³-hybridized carbons (Fsp3) is 0.286. The molecule has 32 heavy (non-hydrogen) atoms. The van der Waals surface area contributed by atoms with E-state index < -0.39 is 0 Å². The highest BCUT2D eigenvalue weighted by Crippen LogP contribution is 2.36. The molecule has 1 aromatic heterocycles. The SMILES string of the molecule is C=CCNC(=O)C1(Cc2ccc(-c3ccccc3)cc2)CCN(Cc2cccnc2)CC1. The minimum absolute atomic E-state index is 0.144. The van der Waals surface area contributed by atoms with Crippen LogP contribution in [0.25, 0.3) is 11.1 Å². The summed E-state index contributed by atoms with van der Waals surface area (Å²) in [6, 6.07) is 23.2. The molecule has 2 aromatic carbocycles. The van der Waals surface area contributed by atoms with Crippen molar-refractivity contribution in [2.24, 2.45) is 5.41 Å². The number of amides is 1. The third-order valence-electron chi connectivity index (χ3n) is 6.43. The molecule has 1 N–H and O–H groups in total. The third-order valence-corrected chi connectivity index (χ3v) is 6.43. The smallest absolute Gasteiger partial charge is 0.226 e. The van der Waals surface area contributed by atoms with Gasteiger partial charge < -0.3 is 5.32 Å². The number of carbonyl (C=O) groups is 1. The molecule has 2 heterocycles. The number of likely N-dealkylation sites (tertiary alicyclic amines) is 1. The summed E-state index contributed by atoms with van der Waals surface area (Å²) >= 11 is 0. The van der Waals surface area contributed by atoms with E-state index in [-0.39, 0.29) is 11.3 Å². The predicted octanol–water partition coefficient (Wildman–Crippen LogP) is 4.88. The quantitative estimate of drug-likeness (QED) is 0.524. The standard InChI is InChI=1S/C28H31N3O/c1-2-16-30-27(32)28(14-18-31(19-15-28)22-24-7-6-17-29-21-24)20-23-10-12-26(13-11-23)25-8-4-3-5-9-25/h2-13,17,21H,1,14-16,18-20,22H2,(H,30,32). The van der Waals surface area contributed by atoms with Gasteiger partial charge in [-0.25, -0.2) is 0 Å². The zero-order valence-corrected chi connectivity index (χ0v) is 18.5. The van der Waals surface area contributed by atoms with Crippen molar-refractivity contribution in [1.29, 1.82) is 0 Å². The Labute approximate surface area is 191 Å². The van der Waals surface area contributed by atoms with E-state index in [1.165, 1.54) is 22.3 Å². The van der Waals surface area contributed by atoms with Crippen LogP contribution >= 0.6 is 0 Å². The molecule has 0 aliphatic carbocycles. The largest absolute Gasteiger partial charge is 0.352 e. The molecule has 4 nitrogen and oxygen atoms in total. The Balaban J connectivity index is 1.47. The van der Waals surface area contributed by atoms with E-state index in [9.17, 15) is 4.79 Å². The summed E-state index contributed by atoms with van der Waals surface area (Å²) in [6.45, 7) is 6.94. The third kappa shape index (κ3) is 5.32. The average molecular weight is 426 g/mol. The molecule has 0 unspecified atom stereocenters. The van der Waals surface area contributed by atoms with E-state index in [0.717, 1.165) is 38.9 Å². The van der Waals surface area contributed by atoms with Crippen LogP contribution in [0.15, 0.2) is 91.8 Å². The van der Waals surface area contributed by atoms with Crippen molar-refractivity contribution < 1.29 is 4.79 Å². The first-order valence-corrected chi connectivity index (χ1v) is 11.3. The number of nitrogens with zero attached hydrogens (tertiary/aromatic N) is 2. The van der Waals surface area contributed by atoms with Crippen LogP contribution < -0.4 is 5.32 Å². The van der Waals surface area contributed by atoms with Crippen molar-refractivity contribution in [2.75, 3.05) is 19.6 Å². The molecule has 0 bridgehead atoms. The number of carbonyl (C=O) groups excluding carboxylic acids is 1. The molecule has 4 heteroatoms. The number of benzene rings is 2. The van der Waals surface area contributed by atoms with Crippen LogP contribution in [0.5, 0.6) is 0 Å². The van der Waals surface area contributed by atoms with Crippen molar-refractivity contribution in [2.45, 2.75) is 25.8 Å². The van der Waals surface area contributed by atoms with Crippen LogP contribution in [0, 0.1) is 5.41 Å². The van der Waals surface area contributed by atoms with E-state index in [1.807, 2.05) is 18.3 Å². The summed E-state index contributed by atoms with van der Waals surface area (Å²) in [5, 5.41) is 3.08. The number of hydrogen-bond acceptors (Lipinski definition) is 3. The zero-order valence-electron chi connectivity index (χ0n) is 18.5. The molecule has 1 aliphatic rings. The van der Waals surface area contributed by atoms with Gasteiger partial charge in [0.05, 0.1) is 5.41 Å². The van der Waals surface area contributed by atoms with Gasteiger partial charge in [0.25, 0.3) is 0 Å². The second kappa shape index (κ2) is 10.4. The molecule has 1 amide bonds. The normalized spacial score (nSPS) is 15.8. The summed E-state index contributed by atoms with van der Waals surface area (Å²) in [5.41, 5.74) is 4.45. The minimum Gasteiger partial charge on any atom is -0.352 e. The topological polar surface area (TPSA) is 45.2 Å². The van der Waals surface area contributed by atoms with Gasteiger partial charge in [0.2, 0.25) is 5.91 Å². The lowest BCUT2D eigenvalue weighted by atomic mass is 9.72. The molecule has 0 saturated carbocycles. The van der Waals surface area contributed by atoms with Crippen molar-refractivity contribution in [1.82, 2.24) is 15.2 Å². The molecule has 3 aromatic rings. The number of nitrogens with one attached hydrogen (secondary N) is 1. The van der Waals surface area contributed by atoms with Gasteiger partial charge in [-0.1, -0.05) is 66.7 Å². The van der Waals surface area contributed by atoms with E-state index >= 15 is 0 Å². The summed E-state index contributed by atoms with van der Waals surface area (Å²) < 4.78 is 0. The highest BCUT2D eigenvalue weighted by Gasteiger charge is 2.41. The van der Waals surface area contributed by atoms with Crippen LogP contribution in [-0.2, 0) is 17.8 Å². The zero-order chi connectivity index (χ0) is 22.2. The summed E-state index contributed by atoms with van der Waals surface area (Å²) in [4.78, 5) is 19.9. The van der Waals surface area contributed by atoms with E-state index in [4.69, 9.17) is 0 Å². The summed E-state index contributed by atoms with van der Waals surface area (Å²) in [5.74, 6) is 0.144. The maximum absolute atomic E-state index is 13.2. The van der Waals surface area contributed by atoms with Gasteiger partial charge in [-0.15, -0.1) is 6.58 Å². The van der Waals surface area contributed by atoms with Crippen molar-refractivity contribution in [3.8, 4) is 11.1 Å². The van der Waals surface area contributed by atoms with Crippen molar-refractivity contribution in [3.63, 3.8) is 0 Å². The van der Waals surface area contributed by atoms with Gasteiger partial charge in [-0.3, -0.25) is 14.7 Å². The highest BCUT2D eigenvalue weighted by atomic mass is 16.2. The average Bonchev–Trinajstić information content (AvgIpc) is 2.85. The predicted molar refractivity (Wildman–Crippen MR) is 130 cm³/mol. The van der Waals surface area contributed by atoms with Gasteiger partial charge in [-0.05, 0) is 60.7 Å². The number of rotatable bonds is 8. The molecule has 1 fully saturated rings. The molecule has 0 atom stereocenters. The fourth-order valence-electron chi connectivity index (χ4n) is 4.56. The van der Waals surface area contributed by atoms with Gasteiger partial charge in [0, 0.05) is 25.5 Å². The van der Waals surface area contributed by atoms with Crippen molar-refractivity contribution >= 4 is 5.91 Å². The number of hydrogen-bond donors (Lipinski definition) is 1. The molecular formula is C28H31N3O. The van der Waals surface area contributed by atoms with Crippen LogP contribution in [0.1, 0.15) is 24.0 Å². The first kappa shape index (κ1) is 22.0. The van der Waals surface area contributed by atoms with Gasteiger partial charge in [0.1, 0.15) is 0 Å². The van der Waals surface area contributed by atoms with Crippen LogP contribution in [-0.4, -0.2) is 35.4 Å². The summed E-state index contributed by atoms with van der Waals surface area (Å²) in [6.07, 6.45) is 7.92. The second-order valence-corrected chi connectivity index (χ2v) is 8.66. The molecular weight excluding hydrogens is 394 g/mol. The lowest BCUT2D eigenvalue weighted by molar-refractivity contribution is -0.133. The van der Waals surface area contributed by atoms with E-state index in [2.05, 4.69) is 76.4 Å². The lowest BCUT2D eigenvalue weighted by Crippen LogP contribution is -2.50. The Kier molecular flexibility index (Phi) is 7.13. The maximum atomic E-state index is 13.2. The van der Waals surface area contributed by atoms with Gasteiger partial charge >= 0.3 is 0 Å². The number of pyridine rings is 1. The first-order chi connectivity index (χ1) is 15.7. The van der Waals surface area contributed by atoms with Crippen LogP contribution in [0.2, 0.25) is 0 Å². The van der Waals surface area contributed by atoms with Crippen LogP contribution in [0.3, 0.4) is 0 Å². The van der Waals surface area contributed by atoms with Gasteiger partial charge in [0.15, 0.2) is 0 Å². The Morgan fingerprint density at radius 2 is 1.69 bits per heavy atom. The molecule has 0 radical (unpaired) electrons.